The normalized spacial score (nSPS) is 17.3. The predicted molar refractivity (Wildman–Crippen MR) is 134 cm³/mol. The Labute approximate surface area is 206 Å². The Hall–Kier alpha value is -2.28. The molecule has 0 unspecified atom stereocenters. The predicted octanol–water partition coefficient (Wildman–Crippen LogP) is 6.73. The van der Waals surface area contributed by atoms with Crippen molar-refractivity contribution in [2.75, 3.05) is 18.8 Å². The highest BCUT2D eigenvalue weighted by molar-refractivity contribution is 7.99. The van der Waals surface area contributed by atoms with Gasteiger partial charge in [0.2, 0.25) is 0 Å². The molecule has 170 valence electrons. The van der Waals surface area contributed by atoms with Crippen LogP contribution < -0.4 is 0 Å². The van der Waals surface area contributed by atoms with Gasteiger partial charge in [-0.2, -0.15) is 16.9 Å². The van der Waals surface area contributed by atoms with Gasteiger partial charge in [0.1, 0.15) is 5.82 Å². The lowest BCUT2D eigenvalue weighted by Crippen LogP contribution is -2.36. The van der Waals surface area contributed by atoms with E-state index in [0.717, 1.165) is 60.5 Å². The molecule has 2 aliphatic rings. The van der Waals surface area contributed by atoms with Crippen molar-refractivity contribution in [2.45, 2.75) is 25.0 Å². The minimum atomic E-state index is -0.275. The summed E-state index contributed by atoms with van der Waals surface area (Å²) >= 11 is 14.4. The fraction of sp³-hybridized carbons (Fsp3) is 0.280. The van der Waals surface area contributed by atoms with Gasteiger partial charge < -0.3 is 4.90 Å². The van der Waals surface area contributed by atoms with Gasteiger partial charge in [0.05, 0.1) is 16.4 Å². The number of carbonyl (C=O) groups excluding carboxylic acids is 1. The third kappa shape index (κ3) is 4.57. The van der Waals surface area contributed by atoms with Crippen molar-refractivity contribution in [2.24, 2.45) is 0 Å². The molecule has 0 radical (unpaired) electrons. The standard InChI is InChI=1S/C25H22Cl2FN3OS/c26-18-6-9-22(21(27)13-18)31-24-17(12-16-4-7-19(28)8-5-16)14-33-15-20(24)23(29-31)25(32)30-10-2-1-3-11-30/h4-9,12-13H,1-3,10-11,14-15H2/b17-12+. The first-order chi connectivity index (χ1) is 16.0. The number of rotatable bonds is 3. The number of halogens is 3. The molecule has 0 atom stereocenters. The molecule has 0 bridgehead atoms. The molecule has 4 nitrogen and oxygen atoms in total. The van der Waals surface area contributed by atoms with E-state index < -0.39 is 0 Å². The molecule has 2 aliphatic heterocycles. The minimum Gasteiger partial charge on any atom is -0.337 e. The lowest BCUT2D eigenvalue weighted by Gasteiger charge is -2.26. The topological polar surface area (TPSA) is 38.1 Å². The van der Waals surface area contributed by atoms with Crippen LogP contribution in [-0.2, 0) is 5.75 Å². The van der Waals surface area contributed by atoms with E-state index in [1.54, 1.807) is 40.7 Å². The lowest BCUT2D eigenvalue weighted by atomic mass is 10.0. The number of fused-ring (bicyclic) bond motifs is 1. The average Bonchev–Trinajstić information content (AvgIpc) is 3.21. The summed E-state index contributed by atoms with van der Waals surface area (Å²) in [5.74, 6) is 1.14. The maximum atomic E-state index is 13.5. The van der Waals surface area contributed by atoms with Gasteiger partial charge in [-0.1, -0.05) is 35.3 Å². The summed E-state index contributed by atoms with van der Waals surface area (Å²) in [5, 5.41) is 5.81. The molecule has 3 heterocycles. The summed E-state index contributed by atoms with van der Waals surface area (Å²) in [4.78, 5) is 15.4. The SMILES string of the molecule is O=C(c1nn(-c2ccc(Cl)cc2Cl)c2c1CSC/C2=C\c1ccc(F)cc1)N1CCCCC1. The molecule has 1 fully saturated rings. The highest BCUT2D eigenvalue weighted by Crippen LogP contribution is 2.39. The van der Waals surface area contributed by atoms with Crippen LogP contribution in [0.2, 0.25) is 10.0 Å². The quantitative estimate of drug-likeness (QED) is 0.399. The number of nitrogens with zero attached hydrogens (tertiary/aromatic N) is 3. The Morgan fingerprint density at radius 2 is 1.79 bits per heavy atom. The Bertz CT molecular complexity index is 1230. The Balaban J connectivity index is 1.67. The second-order valence-electron chi connectivity index (χ2n) is 8.25. The summed E-state index contributed by atoms with van der Waals surface area (Å²) < 4.78 is 15.2. The van der Waals surface area contributed by atoms with Gasteiger partial charge in [-0.3, -0.25) is 4.79 Å². The van der Waals surface area contributed by atoms with Gasteiger partial charge >= 0.3 is 0 Å². The third-order valence-corrected chi connectivity index (χ3v) is 7.53. The van der Waals surface area contributed by atoms with Crippen LogP contribution in [0.4, 0.5) is 4.39 Å². The van der Waals surface area contributed by atoms with Crippen LogP contribution in [0.15, 0.2) is 42.5 Å². The van der Waals surface area contributed by atoms with Gasteiger partial charge in [-0.05, 0) is 66.8 Å². The summed E-state index contributed by atoms with van der Waals surface area (Å²) in [6, 6.07) is 11.7. The summed E-state index contributed by atoms with van der Waals surface area (Å²) in [7, 11) is 0. The maximum Gasteiger partial charge on any atom is 0.274 e. The second-order valence-corrected chi connectivity index (χ2v) is 10.1. The van der Waals surface area contributed by atoms with Crippen molar-refractivity contribution < 1.29 is 9.18 Å². The molecule has 0 aliphatic carbocycles. The summed E-state index contributed by atoms with van der Waals surface area (Å²) in [5.41, 5.74) is 4.86. The van der Waals surface area contributed by atoms with Crippen molar-refractivity contribution in [1.29, 1.82) is 0 Å². The molecule has 0 saturated carbocycles. The molecule has 33 heavy (non-hydrogen) atoms. The zero-order valence-corrected chi connectivity index (χ0v) is 20.2. The Morgan fingerprint density at radius 3 is 2.52 bits per heavy atom. The first kappa shape index (κ1) is 22.5. The first-order valence-corrected chi connectivity index (χ1v) is 12.8. The van der Waals surface area contributed by atoms with E-state index in [0.29, 0.717) is 27.2 Å². The van der Waals surface area contributed by atoms with Crippen LogP contribution >= 0.6 is 35.0 Å². The summed E-state index contributed by atoms with van der Waals surface area (Å²) in [6.45, 7) is 1.52. The van der Waals surface area contributed by atoms with Gasteiger partial charge in [-0.25, -0.2) is 9.07 Å². The number of piperidine rings is 1. The van der Waals surface area contributed by atoms with Crippen LogP contribution in [0.25, 0.3) is 17.3 Å². The average molecular weight is 502 g/mol. The number of thioether (sulfide) groups is 1. The van der Waals surface area contributed by atoms with E-state index >= 15 is 0 Å². The molecular weight excluding hydrogens is 480 g/mol. The van der Waals surface area contributed by atoms with Gasteiger partial charge in [-0.15, -0.1) is 0 Å². The molecule has 3 aromatic rings. The number of amides is 1. The number of hydrogen-bond acceptors (Lipinski definition) is 3. The van der Waals surface area contributed by atoms with Crippen molar-refractivity contribution in [3.63, 3.8) is 0 Å². The minimum absolute atomic E-state index is 0.0292. The molecule has 8 heteroatoms. The molecule has 2 aromatic carbocycles. The number of hydrogen-bond donors (Lipinski definition) is 0. The molecule has 1 aromatic heterocycles. The van der Waals surface area contributed by atoms with Crippen LogP contribution in [0, 0.1) is 5.82 Å². The Morgan fingerprint density at radius 1 is 1.03 bits per heavy atom. The van der Waals surface area contributed by atoms with Crippen LogP contribution in [0.3, 0.4) is 0 Å². The van der Waals surface area contributed by atoms with Gasteiger partial charge in [0.25, 0.3) is 5.91 Å². The smallest absolute Gasteiger partial charge is 0.274 e. The number of likely N-dealkylation sites (tertiary alicyclic amines) is 1. The van der Waals surface area contributed by atoms with E-state index in [-0.39, 0.29) is 11.7 Å². The molecule has 5 rings (SSSR count). The summed E-state index contributed by atoms with van der Waals surface area (Å²) in [6.07, 6.45) is 5.21. The second kappa shape index (κ2) is 9.53. The zero-order chi connectivity index (χ0) is 22.9. The lowest BCUT2D eigenvalue weighted by molar-refractivity contribution is 0.0717. The highest BCUT2D eigenvalue weighted by atomic mass is 35.5. The molecular formula is C25H22Cl2FN3OS. The van der Waals surface area contributed by atoms with Crippen molar-refractivity contribution in [1.82, 2.24) is 14.7 Å². The number of aromatic nitrogens is 2. The fourth-order valence-corrected chi connectivity index (χ4v) is 5.87. The molecule has 0 spiro atoms. The van der Waals surface area contributed by atoms with Crippen molar-refractivity contribution in [3.8, 4) is 5.69 Å². The van der Waals surface area contributed by atoms with Gasteiger partial charge in [0.15, 0.2) is 5.69 Å². The zero-order valence-electron chi connectivity index (χ0n) is 17.9. The van der Waals surface area contributed by atoms with Gasteiger partial charge in [0, 0.05) is 35.2 Å². The first-order valence-electron chi connectivity index (χ1n) is 10.9. The van der Waals surface area contributed by atoms with E-state index in [2.05, 4.69) is 0 Å². The van der Waals surface area contributed by atoms with E-state index in [4.69, 9.17) is 28.3 Å². The van der Waals surface area contributed by atoms with E-state index in [1.807, 2.05) is 17.0 Å². The van der Waals surface area contributed by atoms with Crippen LogP contribution in [-0.4, -0.2) is 39.4 Å². The van der Waals surface area contributed by atoms with Crippen molar-refractivity contribution in [3.05, 3.63) is 80.8 Å². The number of carbonyl (C=O) groups is 1. The monoisotopic (exact) mass is 501 g/mol. The van der Waals surface area contributed by atoms with Crippen LogP contribution in [0.5, 0.6) is 0 Å². The highest BCUT2D eigenvalue weighted by Gasteiger charge is 2.31. The number of benzene rings is 2. The maximum absolute atomic E-state index is 13.5. The Kier molecular flexibility index (Phi) is 6.50. The fourth-order valence-electron chi connectivity index (χ4n) is 4.36. The molecule has 0 N–H and O–H groups in total. The molecule has 1 saturated heterocycles. The van der Waals surface area contributed by atoms with E-state index in [1.165, 1.54) is 12.1 Å². The van der Waals surface area contributed by atoms with Crippen molar-refractivity contribution >= 4 is 52.5 Å². The third-order valence-electron chi connectivity index (χ3n) is 5.99. The van der Waals surface area contributed by atoms with E-state index in [9.17, 15) is 9.18 Å². The largest absolute Gasteiger partial charge is 0.337 e. The molecule has 1 amide bonds. The van der Waals surface area contributed by atoms with Crippen LogP contribution in [0.1, 0.15) is 46.6 Å².